The van der Waals surface area contributed by atoms with Crippen LogP contribution in [0.15, 0.2) is 30.3 Å². The summed E-state index contributed by atoms with van der Waals surface area (Å²) in [5, 5.41) is 13.4. The first-order valence-corrected chi connectivity index (χ1v) is 7.55. The number of benzene rings is 1. The van der Waals surface area contributed by atoms with Crippen LogP contribution in [0.2, 0.25) is 0 Å². The van der Waals surface area contributed by atoms with Gasteiger partial charge in [0.15, 0.2) is 0 Å². The zero-order valence-electron chi connectivity index (χ0n) is 12.1. The van der Waals surface area contributed by atoms with Gasteiger partial charge in [-0.3, -0.25) is 0 Å². The van der Waals surface area contributed by atoms with Crippen molar-refractivity contribution in [3.63, 3.8) is 0 Å². The summed E-state index contributed by atoms with van der Waals surface area (Å²) < 4.78 is 5.17. The number of amides is 1. The minimum Gasteiger partial charge on any atom is -0.445 e. The number of ether oxygens (including phenoxy) is 1. The Morgan fingerprint density at radius 3 is 2.67 bits per heavy atom. The van der Waals surface area contributed by atoms with Gasteiger partial charge in [-0.05, 0) is 37.4 Å². The fourth-order valence-electron chi connectivity index (χ4n) is 3.34. The maximum absolute atomic E-state index is 11.7. The smallest absolute Gasteiger partial charge is 0.407 e. The maximum atomic E-state index is 11.7. The van der Waals surface area contributed by atoms with Crippen LogP contribution in [0.3, 0.4) is 0 Å². The molecule has 1 atom stereocenters. The van der Waals surface area contributed by atoms with E-state index < -0.39 is 11.7 Å². The molecule has 1 amide bonds. The molecule has 0 saturated carbocycles. The molecule has 0 spiro atoms. The summed E-state index contributed by atoms with van der Waals surface area (Å²) in [6.07, 6.45) is 1.55. The topological polar surface area (TPSA) is 61.8 Å². The first kappa shape index (κ1) is 14.4. The van der Waals surface area contributed by atoms with E-state index in [1.165, 1.54) is 0 Å². The molecule has 2 N–H and O–H groups in total. The van der Waals surface area contributed by atoms with Crippen LogP contribution < -0.4 is 5.32 Å². The Balaban J connectivity index is 1.45. The highest BCUT2D eigenvalue weighted by atomic mass is 16.5. The molecule has 3 heterocycles. The molecule has 5 nitrogen and oxygen atoms in total. The number of carbonyl (C=O) groups excluding carboxylic acids is 1. The Morgan fingerprint density at radius 1 is 1.33 bits per heavy atom. The highest BCUT2D eigenvalue weighted by molar-refractivity contribution is 5.67. The van der Waals surface area contributed by atoms with Gasteiger partial charge in [0.25, 0.3) is 0 Å². The number of carbonyl (C=O) groups is 1. The number of rotatable bonds is 4. The van der Waals surface area contributed by atoms with Crippen molar-refractivity contribution in [2.45, 2.75) is 25.0 Å². The van der Waals surface area contributed by atoms with E-state index in [0.717, 1.165) is 31.5 Å². The van der Waals surface area contributed by atoms with E-state index in [1.807, 2.05) is 30.3 Å². The number of fused-ring (bicyclic) bond motifs is 3. The van der Waals surface area contributed by atoms with Crippen molar-refractivity contribution >= 4 is 6.09 Å². The van der Waals surface area contributed by atoms with E-state index in [2.05, 4.69) is 10.2 Å². The molecule has 5 heteroatoms. The van der Waals surface area contributed by atoms with Gasteiger partial charge in [0.2, 0.25) is 0 Å². The number of aliphatic hydroxyl groups is 1. The Bertz CT molecular complexity index is 486. The van der Waals surface area contributed by atoms with Crippen LogP contribution in [-0.2, 0) is 11.3 Å². The Morgan fingerprint density at radius 2 is 2.05 bits per heavy atom. The molecule has 1 unspecified atom stereocenters. The van der Waals surface area contributed by atoms with E-state index in [4.69, 9.17) is 4.74 Å². The molecule has 0 aromatic heterocycles. The number of nitrogens with zero attached hydrogens (tertiary/aromatic N) is 1. The minimum absolute atomic E-state index is 0.251. The number of nitrogens with one attached hydrogen (secondary N) is 1. The molecule has 1 aromatic carbocycles. The Hall–Kier alpha value is -1.59. The predicted molar refractivity (Wildman–Crippen MR) is 78.7 cm³/mol. The molecule has 1 aromatic rings. The van der Waals surface area contributed by atoms with Crippen molar-refractivity contribution < 1.29 is 14.6 Å². The van der Waals surface area contributed by atoms with E-state index in [0.29, 0.717) is 6.54 Å². The zero-order chi connectivity index (χ0) is 14.7. The minimum atomic E-state index is -0.803. The van der Waals surface area contributed by atoms with Crippen molar-refractivity contribution in [2.75, 3.05) is 26.2 Å². The second kappa shape index (κ2) is 6.03. The third-order valence-corrected chi connectivity index (χ3v) is 4.60. The van der Waals surface area contributed by atoms with Gasteiger partial charge in [-0.1, -0.05) is 30.3 Å². The normalized spacial score (nSPS) is 30.9. The SMILES string of the molecule is O=C(NCC1(O)CN2CCC1CC2)OCc1ccccc1. The zero-order valence-corrected chi connectivity index (χ0v) is 12.1. The lowest BCUT2D eigenvalue weighted by molar-refractivity contribution is -0.108. The van der Waals surface area contributed by atoms with E-state index >= 15 is 0 Å². The first-order valence-electron chi connectivity index (χ1n) is 7.55. The summed E-state index contributed by atoms with van der Waals surface area (Å²) in [6, 6.07) is 9.56. The predicted octanol–water partition coefficient (Wildman–Crippen LogP) is 1.37. The van der Waals surface area contributed by atoms with Crippen molar-refractivity contribution in [2.24, 2.45) is 5.92 Å². The van der Waals surface area contributed by atoms with Crippen molar-refractivity contribution in [3.8, 4) is 0 Å². The molecule has 3 aliphatic heterocycles. The fraction of sp³-hybridized carbons (Fsp3) is 0.562. The molecule has 3 fully saturated rings. The molecule has 114 valence electrons. The largest absolute Gasteiger partial charge is 0.445 e. The van der Waals surface area contributed by atoms with E-state index in [9.17, 15) is 9.90 Å². The maximum Gasteiger partial charge on any atom is 0.407 e. The highest BCUT2D eigenvalue weighted by Gasteiger charge is 2.45. The Kier molecular flexibility index (Phi) is 4.12. The lowest BCUT2D eigenvalue weighted by Crippen LogP contribution is -2.63. The Labute approximate surface area is 124 Å². The molecular formula is C16H22N2O3. The summed E-state index contributed by atoms with van der Waals surface area (Å²) in [5.41, 5.74) is 0.150. The second-order valence-corrected chi connectivity index (χ2v) is 6.07. The molecular weight excluding hydrogens is 268 g/mol. The van der Waals surface area contributed by atoms with Crippen LogP contribution in [0.25, 0.3) is 0 Å². The molecule has 0 aliphatic carbocycles. The van der Waals surface area contributed by atoms with Gasteiger partial charge in [-0.2, -0.15) is 0 Å². The number of piperidine rings is 3. The molecule has 4 rings (SSSR count). The molecule has 2 bridgehead atoms. The summed E-state index contributed by atoms with van der Waals surface area (Å²) in [5.74, 6) is 0.289. The van der Waals surface area contributed by atoms with Crippen LogP contribution in [0.4, 0.5) is 4.79 Å². The molecule has 0 radical (unpaired) electrons. The molecule has 3 saturated heterocycles. The lowest BCUT2D eigenvalue weighted by Gasteiger charge is -2.50. The summed E-state index contributed by atoms with van der Waals surface area (Å²) >= 11 is 0. The van der Waals surface area contributed by atoms with E-state index in [1.54, 1.807) is 0 Å². The standard InChI is InChI=1S/C16H22N2O3/c19-15(21-10-13-4-2-1-3-5-13)17-11-16(20)12-18-8-6-14(16)7-9-18/h1-5,14,20H,6-12H2,(H,17,19). The van der Waals surface area contributed by atoms with E-state index in [-0.39, 0.29) is 19.1 Å². The second-order valence-electron chi connectivity index (χ2n) is 6.07. The average molecular weight is 290 g/mol. The van der Waals surface area contributed by atoms with Gasteiger partial charge < -0.3 is 20.1 Å². The van der Waals surface area contributed by atoms with Crippen molar-refractivity contribution in [3.05, 3.63) is 35.9 Å². The third-order valence-electron chi connectivity index (χ3n) is 4.60. The summed E-state index contributed by atoms with van der Waals surface area (Å²) in [7, 11) is 0. The van der Waals surface area contributed by atoms with Gasteiger partial charge in [0.05, 0.1) is 12.1 Å². The monoisotopic (exact) mass is 290 g/mol. The summed E-state index contributed by atoms with van der Waals surface area (Å²) in [4.78, 5) is 14.0. The van der Waals surface area contributed by atoms with Gasteiger partial charge in [0, 0.05) is 6.54 Å². The average Bonchev–Trinajstić information content (AvgIpc) is 2.53. The lowest BCUT2D eigenvalue weighted by atomic mass is 9.75. The van der Waals surface area contributed by atoms with Crippen LogP contribution in [0, 0.1) is 5.92 Å². The highest BCUT2D eigenvalue weighted by Crippen LogP contribution is 2.35. The third kappa shape index (κ3) is 3.36. The number of alkyl carbamates (subject to hydrolysis) is 1. The summed E-state index contributed by atoms with van der Waals surface area (Å²) in [6.45, 7) is 3.29. The van der Waals surface area contributed by atoms with Gasteiger partial charge in [0.1, 0.15) is 6.61 Å². The molecule has 3 aliphatic rings. The van der Waals surface area contributed by atoms with Gasteiger partial charge in [-0.25, -0.2) is 4.79 Å². The number of hydrogen-bond acceptors (Lipinski definition) is 4. The number of hydrogen-bond donors (Lipinski definition) is 2. The van der Waals surface area contributed by atoms with Crippen LogP contribution in [-0.4, -0.2) is 47.9 Å². The van der Waals surface area contributed by atoms with Crippen LogP contribution in [0.1, 0.15) is 18.4 Å². The first-order chi connectivity index (χ1) is 10.2. The van der Waals surface area contributed by atoms with Crippen LogP contribution in [0.5, 0.6) is 0 Å². The van der Waals surface area contributed by atoms with Crippen molar-refractivity contribution in [1.29, 1.82) is 0 Å². The van der Waals surface area contributed by atoms with Gasteiger partial charge in [-0.15, -0.1) is 0 Å². The molecule has 21 heavy (non-hydrogen) atoms. The quantitative estimate of drug-likeness (QED) is 0.879. The van der Waals surface area contributed by atoms with Crippen molar-refractivity contribution in [1.82, 2.24) is 10.2 Å². The van der Waals surface area contributed by atoms with Gasteiger partial charge >= 0.3 is 6.09 Å². The van der Waals surface area contributed by atoms with Crippen LogP contribution >= 0.6 is 0 Å². The fourth-order valence-corrected chi connectivity index (χ4v) is 3.34.